The second-order valence-electron chi connectivity index (χ2n) is 4.53. The first-order chi connectivity index (χ1) is 6.48. The predicted molar refractivity (Wildman–Crippen MR) is 60.1 cm³/mol. The summed E-state index contributed by atoms with van der Waals surface area (Å²) < 4.78 is 0. The van der Waals surface area contributed by atoms with Crippen molar-refractivity contribution in [3.05, 3.63) is 17.5 Å². The van der Waals surface area contributed by atoms with Gasteiger partial charge in [0.15, 0.2) is 5.78 Å². The quantitative estimate of drug-likeness (QED) is 0.732. The van der Waals surface area contributed by atoms with Crippen LogP contribution in [0.15, 0.2) is 6.20 Å². The Morgan fingerprint density at radius 3 is 2.73 bits per heavy atom. The highest BCUT2D eigenvalue weighted by atomic mass is 35.5. The van der Waals surface area contributed by atoms with Gasteiger partial charge in [0.2, 0.25) is 5.95 Å². The zero-order valence-electron chi connectivity index (χ0n) is 8.78. The number of nitrogens with zero attached hydrogens (tertiary/aromatic N) is 2. The molecule has 1 aromatic heterocycles. The number of rotatable bonds is 0. The maximum absolute atomic E-state index is 11.7. The number of hydrogen-bond donors (Lipinski definition) is 1. The first-order valence-electron chi connectivity index (χ1n) is 4.62. The molecule has 0 amide bonds. The van der Waals surface area contributed by atoms with E-state index < -0.39 is 0 Å². The number of aromatic nitrogens is 2. The van der Waals surface area contributed by atoms with Crippen LogP contribution in [0.5, 0.6) is 0 Å². The molecule has 1 aromatic rings. The Kier molecular flexibility index (Phi) is 3.00. The van der Waals surface area contributed by atoms with Crippen molar-refractivity contribution in [3.8, 4) is 0 Å². The van der Waals surface area contributed by atoms with Gasteiger partial charge >= 0.3 is 0 Å². The summed E-state index contributed by atoms with van der Waals surface area (Å²) in [5, 5.41) is 0. The van der Waals surface area contributed by atoms with Crippen LogP contribution in [-0.2, 0) is 6.42 Å². The van der Waals surface area contributed by atoms with Crippen molar-refractivity contribution < 1.29 is 4.79 Å². The average molecular weight is 228 g/mol. The molecule has 0 saturated heterocycles. The number of nitrogens with two attached hydrogens (primary N) is 1. The van der Waals surface area contributed by atoms with Crippen LogP contribution in [-0.4, -0.2) is 15.8 Å². The van der Waals surface area contributed by atoms with Crippen molar-refractivity contribution in [1.82, 2.24) is 9.97 Å². The highest BCUT2D eigenvalue weighted by molar-refractivity contribution is 5.98. The Balaban J connectivity index is 0.00000112. The normalized spacial score (nSPS) is 17.9. The van der Waals surface area contributed by atoms with Crippen LogP contribution >= 0.6 is 12.4 Å². The molecule has 2 rings (SSSR count). The zero-order valence-corrected chi connectivity index (χ0v) is 9.60. The first kappa shape index (κ1) is 11.9. The number of carbonyl (C=O) groups excluding carboxylic acids is 1. The Morgan fingerprint density at radius 2 is 2.07 bits per heavy atom. The highest BCUT2D eigenvalue weighted by Gasteiger charge is 2.32. The Labute approximate surface area is 94.7 Å². The largest absolute Gasteiger partial charge is 0.368 e. The maximum atomic E-state index is 11.7. The van der Waals surface area contributed by atoms with E-state index in [9.17, 15) is 4.79 Å². The van der Waals surface area contributed by atoms with E-state index in [2.05, 4.69) is 23.8 Å². The summed E-state index contributed by atoms with van der Waals surface area (Å²) in [6, 6.07) is 0. The number of anilines is 1. The molecule has 1 aliphatic rings. The van der Waals surface area contributed by atoms with Crippen LogP contribution in [0.3, 0.4) is 0 Å². The van der Waals surface area contributed by atoms with E-state index in [1.54, 1.807) is 0 Å². The smallest absolute Gasteiger partial charge is 0.220 e. The van der Waals surface area contributed by atoms with E-state index in [0.29, 0.717) is 12.0 Å². The minimum atomic E-state index is -0.00905. The fraction of sp³-hybridized carbons (Fsp3) is 0.500. The molecule has 0 bridgehead atoms. The topological polar surface area (TPSA) is 68.9 Å². The van der Waals surface area contributed by atoms with Crippen molar-refractivity contribution in [3.63, 3.8) is 0 Å². The standard InChI is InChI=1S/C10H13N3O.ClH/c1-10(2)3-7-6(8(14)4-10)5-12-9(11)13-7;/h5H,3-4H2,1-2H3,(H2,11,12,13);1H. The average Bonchev–Trinajstić information content (AvgIpc) is 2.00. The summed E-state index contributed by atoms with van der Waals surface area (Å²) in [6.45, 7) is 4.12. The minimum absolute atomic E-state index is 0. The van der Waals surface area contributed by atoms with E-state index in [4.69, 9.17) is 5.73 Å². The summed E-state index contributed by atoms with van der Waals surface area (Å²) in [7, 11) is 0. The molecule has 1 aliphatic carbocycles. The molecule has 5 heteroatoms. The summed E-state index contributed by atoms with van der Waals surface area (Å²) >= 11 is 0. The lowest BCUT2D eigenvalue weighted by atomic mass is 9.76. The first-order valence-corrected chi connectivity index (χ1v) is 4.62. The van der Waals surface area contributed by atoms with Crippen LogP contribution < -0.4 is 5.73 Å². The molecular formula is C10H14ClN3O. The second kappa shape index (κ2) is 3.77. The molecule has 15 heavy (non-hydrogen) atoms. The lowest BCUT2D eigenvalue weighted by Crippen LogP contribution is -2.28. The second-order valence-corrected chi connectivity index (χ2v) is 4.53. The monoisotopic (exact) mass is 227 g/mol. The summed E-state index contributed by atoms with van der Waals surface area (Å²) in [6.07, 6.45) is 2.89. The molecule has 0 saturated carbocycles. The number of ketones is 1. The van der Waals surface area contributed by atoms with Gasteiger partial charge in [0.05, 0.1) is 11.3 Å². The van der Waals surface area contributed by atoms with Crippen molar-refractivity contribution in [2.45, 2.75) is 26.7 Å². The van der Waals surface area contributed by atoms with Crippen LogP contribution in [0.25, 0.3) is 0 Å². The van der Waals surface area contributed by atoms with Gasteiger partial charge in [-0.25, -0.2) is 9.97 Å². The van der Waals surface area contributed by atoms with Crippen molar-refractivity contribution in [2.75, 3.05) is 5.73 Å². The number of Topliss-reactive ketones (excluding diaryl/α,β-unsaturated/α-hetero) is 1. The third kappa shape index (κ3) is 2.26. The lowest BCUT2D eigenvalue weighted by molar-refractivity contribution is 0.0910. The molecule has 0 unspecified atom stereocenters. The third-order valence-corrected chi connectivity index (χ3v) is 2.47. The van der Waals surface area contributed by atoms with Gasteiger partial charge < -0.3 is 5.73 Å². The molecule has 2 N–H and O–H groups in total. The Bertz CT molecular complexity index is 404. The number of fused-ring (bicyclic) bond motifs is 1. The van der Waals surface area contributed by atoms with E-state index >= 15 is 0 Å². The summed E-state index contributed by atoms with van der Waals surface area (Å²) in [5.74, 6) is 0.366. The highest BCUT2D eigenvalue weighted by Crippen LogP contribution is 2.33. The van der Waals surface area contributed by atoms with Gasteiger partial charge in [-0.15, -0.1) is 12.4 Å². The fourth-order valence-corrected chi connectivity index (χ4v) is 1.85. The molecular weight excluding hydrogens is 214 g/mol. The summed E-state index contributed by atoms with van der Waals surface area (Å²) in [5.41, 5.74) is 6.90. The fourth-order valence-electron chi connectivity index (χ4n) is 1.85. The van der Waals surface area contributed by atoms with Crippen LogP contribution in [0, 0.1) is 5.41 Å². The molecule has 1 heterocycles. The molecule has 0 atom stereocenters. The minimum Gasteiger partial charge on any atom is -0.368 e. The van der Waals surface area contributed by atoms with Gasteiger partial charge in [-0.2, -0.15) is 0 Å². The number of hydrogen-bond acceptors (Lipinski definition) is 4. The van der Waals surface area contributed by atoms with Gasteiger partial charge in [-0.1, -0.05) is 13.8 Å². The number of carbonyl (C=O) groups is 1. The van der Waals surface area contributed by atoms with E-state index in [1.165, 1.54) is 6.20 Å². The van der Waals surface area contributed by atoms with Crippen LogP contribution in [0.4, 0.5) is 5.95 Å². The molecule has 0 aliphatic heterocycles. The van der Waals surface area contributed by atoms with E-state index in [-0.39, 0.29) is 29.6 Å². The van der Waals surface area contributed by atoms with Crippen molar-refractivity contribution in [1.29, 1.82) is 0 Å². The van der Waals surface area contributed by atoms with Gasteiger partial charge in [-0.05, 0) is 11.8 Å². The molecule has 0 aromatic carbocycles. The van der Waals surface area contributed by atoms with E-state index in [0.717, 1.165) is 12.1 Å². The van der Waals surface area contributed by atoms with Gasteiger partial charge in [-0.3, -0.25) is 4.79 Å². The molecule has 0 fully saturated rings. The molecule has 4 nitrogen and oxygen atoms in total. The van der Waals surface area contributed by atoms with Gasteiger partial charge in [0.1, 0.15) is 0 Å². The predicted octanol–water partition coefficient (Wildman–Crippen LogP) is 1.64. The Hall–Kier alpha value is -1.16. The lowest BCUT2D eigenvalue weighted by Gasteiger charge is -2.28. The van der Waals surface area contributed by atoms with Crippen LogP contribution in [0.1, 0.15) is 36.3 Å². The SMILES string of the molecule is CC1(C)CC(=O)c2cnc(N)nc2C1.Cl. The van der Waals surface area contributed by atoms with Crippen molar-refractivity contribution >= 4 is 24.1 Å². The Morgan fingerprint density at radius 1 is 1.40 bits per heavy atom. The zero-order chi connectivity index (χ0) is 10.3. The summed E-state index contributed by atoms with van der Waals surface area (Å²) in [4.78, 5) is 19.6. The van der Waals surface area contributed by atoms with Gasteiger partial charge in [0, 0.05) is 12.6 Å². The number of halogens is 1. The molecule has 0 radical (unpaired) electrons. The van der Waals surface area contributed by atoms with Crippen molar-refractivity contribution in [2.24, 2.45) is 5.41 Å². The number of nitrogen functional groups attached to an aromatic ring is 1. The molecule has 0 spiro atoms. The van der Waals surface area contributed by atoms with E-state index in [1.807, 2.05) is 0 Å². The van der Waals surface area contributed by atoms with Gasteiger partial charge in [0.25, 0.3) is 0 Å². The maximum Gasteiger partial charge on any atom is 0.220 e. The van der Waals surface area contributed by atoms with Crippen LogP contribution in [0.2, 0.25) is 0 Å². The molecule has 82 valence electrons. The third-order valence-electron chi connectivity index (χ3n) is 2.47.